The topological polar surface area (TPSA) is 184 Å². The number of benzene rings is 2. The van der Waals surface area contributed by atoms with Crippen molar-refractivity contribution >= 4 is 48.9 Å². The Bertz CT molecular complexity index is 1490. The van der Waals surface area contributed by atoms with Crippen molar-refractivity contribution in [3.63, 3.8) is 0 Å². The van der Waals surface area contributed by atoms with Gasteiger partial charge in [0, 0.05) is 24.2 Å². The van der Waals surface area contributed by atoms with Crippen molar-refractivity contribution in [2.45, 2.75) is 49.2 Å². The monoisotopic (exact) mass is 695 g/mol. The Kier molecular flexibility index (Phi) is 10.8. The number of amides is 3. The number of phosphoric ester groups is 1. The maximum absolute atomic E-state index is 13.8. The molecule has 5 N–H and O–H groups in total. The predicted molar refractivity (Wildman–Crippen MR) is 155 cm³/mol. The van der Waals surface area contributed by atoms with Crippen LogP contribution >= 0.6 is 31.0 Å². The summed E-state index contributed by atoms with van der Waals surface area (Å²) >= 11 is 11.4. The molecule has 1 unspecified atom stereocenters. The summed E-state index contributed by atoms with van der Waals surface area (Å²) in [7, 11) is -4.90. The molecule has 13 nitrogen and oxygen atoms in total. The van der Waals surface area contributed by atoms with Gasteiger partial charge >= 0.3 is 13.9 Å². The molecule has 3 amide bonds. The normalized spacial score (nSPS) is 22.4. The average molecular weight is 696 g/mol. The Morgan fingerprint density at radius 1 is 0.911 bits per heavy atom. The third kappa shape index (κ3) is 8.96. The largest absolute Gasteiger partial charge is 0.484 e. The lowest BCUT2D eigenvalue weighted by Crippen LogP contribution is -2.74. The predicted octanol–water partition coefficient (Wildman–Crippen LogP) is 3.88. The molecule has 5 rings (SSSR count). The van der Waals surface area contributed by atoms with Crippen molar-refractivity contribution < 1.29 is 56.6 Å². The van der Waals surface area contributed by atoms with Crippen LogP contribution in [0, 0.1) is 11.6 Å². The van der Waals surface area contributed by atoms with Gasteiger partial charge in [0.25, 0.3) is 11.8 Å². The number of hydrogen-bond acceptors (Lipinski definition) is 7. The van der Waals surface area contributed by atoms with Gasteiger partial charge in [-0.1, -0.05) is 23.2 Å². The smallest absolute Gasteiger partial charge is 0.469 e. The number of nitrogens with zero attached hydrogens (tertiary/aromatic N) is 1. The Labute approximate surface area is 266 Å². The summed E-state index contributed by atoms with van der Waals surface area (Å²) in [5.74, 6) is -2.54. The number of halogens is 4. The molecule has 0 aliphatic heterocycles. The first-order valence-electron chi connectivity index (χ1n) is 13.6. The van der Waals surface area contributed by atoms with Crippen LogP contribution < -0.4 is 20.1 Å². The molecule has 2 bridgehead atoms. The average Bonchev–Trinajstić information content (AvgIpc) is 2.96. The molecule has 3 aliphatic rings. The van der Waals surface area contributed by atoms with E-state index in [0.29, 0.717) is 12.8 Å². The Morgan fingerprint density at radius 2 is 1.42 bits per heavy atom. The second-order valence-corrected chi connectivity index (χ2v) is 12.8. The zero-order valence-electron chi connectivity index (χ0n) is 23.5. The Hall–Kier alpha value is -3.20. The summed E-state index contributed by atoms with van der Waals surface area (Å²) < 4.78 is 54.0. The highest BCUT2D eigenvalue weighted by Gasteiger charge is 2.58. The molecule has 0 spiro atoms. The van der Waals surface area contributed by atoms with Gasteiger partial charge in [0.1, 0.15) is 23.1 Å². The van der Waals surface area contributed by atoms with Crippen molar-refractivity contribution in [1.29, 1.82) is 0 Å². The first-order valence-corrected chi connectivity index (χ1v) is 15.9. The minimum absolute atomic E-state index is 0.0278. The molecule has 45 heavy (non-hydrogen) atoms. The molecular formula is C27H30Cl2F2N3O10P. The second-order valence-electron chi connectivity index (χ2n) is 10.8. The molecule has 0 radical (unpaired) electrons. The number of fused-ring (bicyclic) bond motifs is 3. The SMILES string of the molecule is O=C(COc1ccc(Cl)c(F)c1)NC12CCC(NC(=O)COc3ccc(Cl)c(F)c3)(CC1)C(N(CCOP(=O)(O)O)C(=O)O)C2. The zero-order valence-corrected chi connectivity index (χ0v) is 25.9. The van der Waals surface area contributed by atoms with Crippen molar-refractivity contribution in [2.75, 3.05) is 26.4 Å². The fourth-order valence-electron chi connectivity index (χ4n) is 5.79. The maximum Gasteiger partial charge on any atom is 0.469 e. The Morgan fingerprint density at radius 3 is 1.89 bits per heavy atom. The molecule has 3 fully saturated rings. The van der Waals surface area contributed by atoms with Gasteiger partial charge in [0.05, 0.1) is 28.2 Å². The summed E-state index contributed by atoms with van der Waals surface area (Å²) in [4.78, 5) is 57.5. The highest BCUT2D eigenvalue weighted by Crippen LogP contribution is 2.49. The zero-order chi connectivity index (χ0) is 33.0. The standard InChI is InChI=1S/C27H30Cl2F2N3O10P/c28-18-3-1-16(11-20(18)30)42-14-23(35)32-26-5-7-27(8-6-26,22(13-26)34(25(37)38)9-10-44-45(39,40)41)33-24(36)15-43-17-2-4-19(29)21(31)12-17/h1-4,11-12,22H,5-10,13-15H2,(H,32,35)(H,33,36)(H,37,38)(H2,39,40,41). The van der Waals surface area contributed by atoms with Crippen LogP contribution in [0.2, 0.25) is 10.0 Å². The molecule has 0 heterocycles. The van der Waals surface area contributed by atoms with E-state index in [1.807, 2.05) is 0 Å². The quantitative estimate of drug-likeness (QED) is 0.193. The molecular weight excluding hydrogens is 666 g/mol. The van der Waals surface area contributed by atoms with E-state index in [4.69, 9.17) is 42.5 Å². The van der Waals surface area contributed by atoms with Crippen LogP contribution in [-0.4, -0.2) is 81.2 Å². The molecule has 0 saturated heterocycles. The molecule has 18 heteroatoms. The first-order chi connectivity index (χ1) is 21.1. The van der Waals surface area contributed by atoms with Gasteiger partial charge in [0.2, 0.25) is 0 Å². The van der Waals surface area contributed by atoms with Gasteiger partial charge < -0.3 is 39.9 Å². The van der Waals surface area contributed by atoms with Crippen LogP contribution in [-0.2, 0) is 18.7 Å². The van der Waals surface area contributed by atoms with E-state index in [-0.39, 0.29) is 40.8 Å². The minimum Gasteiger partial charge on any atom is -0.484 e. The fraction of sp³-hybridized carbons (Fsp3) is 0.444. The van der Waals surface area contributed by atoms with Crippen LogP contribution in [0.5, 0.6) is 11.5 Å². The van der Waals surface area contributed by atoms with E-state index in [0.717, 1.165) is 17.0 Å². The number of hydrogen-bond donors (Lipinski definition) is 5. The molecule has 2 aromatic rings. The molecule has 0 aromatic heterocycles. The van der Waals surface area contributed by atoms with Crippen molar-refractivity contribution in [3.8, 4) is 11.5 Å². The minimum atomic E-state index is -4.90. The van der Waals surface area contributed by atoms with Gasteiger partial charge in [-0.05, 0) is 56.4 Å². The van der Waals surface area contributed by atoms with Gasteiger partial charge in [-0.15, -0.1) is 0 Å². The third-order valence-electron chi connectivity index (χ3n) is 7.85. The van der Waals surface area contributed by atoms with E-state index in [9.17, 15) is 32.8 Å². The summed E-state index contributed by atoms with van der Waals surface area (Å²) in [6, 6.07) is 6.37. The number of rotatable bonds is 13. The van der Waals surface area contributed by atoms with E-state index < -0.39 is 80.8 Å². The van der Waals surface area contributed by atoms with Gasteiger partial charge in [-0.2, -0.15) is 0 Å². The van der Waals surface area contributed by atoms with Gasteiger partial charge in [0.15, 0.2) is 13.2 Å². The molecule has 2 aromatic carbocycles. The summed E-state index contributed by atoms with van der Waals surface area (Å²) in [5.41, 5.74) is -2.06. The fourth-order valence-corrected chi connectivity index (χ4v) is 6.34. The van der Waals surface area contributed by atoms with Crippen molar-refractivity contribution in [3.05, 3.63) is 58.1 Å². The second kappa shape index (κ2) is 14.1. The van der Waals surface area contributed by atoms with E-state index >= 15 is 0 Å². The number of nitrogens with one attached hydrogen (secondary N) is 2. The molecule has 1 atom stereocenters. The van der Waals surface area contributed by atoms with Crippen molar-refractivity contribution in [2.24, 2.45) is 0 Å². The van der Waals surface area contributed by atoms with Crippen LogP contribution in [0.4, 0.5) is 13.6 Å². The lowest BCUT2D eigenvalue weighted by Gasteiger charge is -2.59. The van der Waals surface area contributed by atoms with Gasteiger partial charge in [-0.25, -0.2) is 18.1 Å². The maximum atomic E-state index is 13.8. The van der Waals surface area contributed by atoms with Crippen LogP contribution in [0.3, 0.4) is 0 Å². The highest BCUT2D eigenvalue weighted by molar-refractivity contribution is 7.46. The van der Waals surface area contributed by atoms with Crippen LogP contribution in [0.1, 0.15) is 32.1 Å². The first kappa shape index (κ1) is 34.7. The van der Waals surface area contributed by atoms with Crippen LogP contribution in [0.15, 0.2) is 36.4 Å². The molecule has 3 aliphatic carbocycles. The summed E-state index contributed by atoms with van der Waals surface area (Å²) in [5, 5.41) is 15.6. The van der Waals surface area contributed by atoms with Crippen molar-refractivity contribution in [1.82, 2.24) is 15.5 Å². The van der Waals surface area contributed by atoms with E-state index in [1.165, 1.54) is 24.3 Å². The highest BCUT2D eigenvalue weighted by atomic mass is 35.5. The summed E-state index contributed by atoms with van der Waals surface area (Å²) in [6.45, 7) is -2.11. The third-order valence-corrected chi connectivity index (χ3v) is 8.98. The number of ether oxygens (including phenoxy) is 2. The van der Waals surface area contributed by atoms with Crippen LogP contribution in [0.25, 0.3) is 0 Å². The summed E-state index contributed by atoms with van der Waals surface area (Å²) in [6.07, 6.45) is -0.322. The number of phosphoric acid groups is 1. The van der Waals surface area contributed by atoms with E-state index in [2.05, 4.69) is 15.2 Å². The number of carbonyl (C=O) groups is 3. The van der Waals surface area contributed by atoms with E-state index in [1.54, 1.807) is 0 Å². The molecule has 3 saturated carbocycles. The van der Waals surface area contributed by atoms with Gasteiger partial charge in [-0.3, -0.25) is 14.1 Å². The Balaban J connectivity index is 1.49. The number of carboxylic acid groups (broad SMARTS) is 1. The number of carbonyl (C=O) groups excluding carboxylic acids is 2. The molecule has 246 valence electrons. The lowest BCUT2D eigenvalue weighted by molar-refractivity contribution is -0.133. The lowest BCUT2D eigenvalue weighted by atomic mass is 9.58.